The molecule has 0 saturated carbocycles. The van der Waals surface area contributed by atoms with Gasteiger partial charge in [-0.3, -0.25) is 15.7 Å². The van der Waals surface area contributed by atoms with Crippen LogP contribution in [0.3, 0.4) is 0 Å². The molecule has 0 amide bonds. The van der Waals surface area contributed by atoms with Crippen molar-refractivity contribution in [2.75, 3.05) is 6.61 Å². The average molecular weight is 272 g/mol. The summed E-state index contributed by atoms with van der Waals surface area (Å²) in [6, 6.07) is 9.38. The van der Waals surface area contributed by atoms with Crippen LogP contribution >= 0.6 is 0 Å². The number of hydrogen-bond donors (Lipinski definition) is 2. The number of ether oxygens (including phenoxy) is 1. The van der Waals surface area contributed by atoms with Crippen LogP contribution < -0.4 is 10.2 Å². The molecule has 0 aromatic carbocycles. The Kier molecular flexibility index (Phi) is 5.48. The molecule has 0 spiro atoms. The van der Waals surface area contributed by atoms with Gasteiger partial charge in [0.15, 0.2) is 0 Å². The van der Waals surface area contributed by atoms with Crippen molar-refractivity contribution in [3.63, 3.8) is 0 Å². The summed E-state index contributed by atoms with van der Waals surface area (Å²) in [5, 5.41) is 8.37. The normalized spacial score (nSPS) is 10.7. The highest BCUT2D eigenvalue weighted by Crippen LogP contribution is 2.14. The molecule has 2 aromatic heterocycles. The van der Waals surface area contributed by atoms with Gasteiger partial charge in [0.1, 0.15) is 6.34 Å². The quantitative estimate of drug-likeness (QED) is 0.349. The Morgan fingerprint density at radius 1 is 1.25 bits per heavy atom. The third-order valence-corrected chi connectivity index (χ3v) is 2.55. The smallest absolute Gasteiger partial charge is 0.213 e. The molecule has 2 heterocycles. The van der Waals surface area contributed by atoms with E-state index in [1.165, 1.54) is 6.34 Å². The number of rotatable bonds is 7. The van der Waals surface area contributed by atoms with Crippen molar-refractivity contribution in [3.8, 4) is 5.88 Å². The minimum absolute atomic E-state index is 0.557. The van der Waals surface area contributed by atoms with Crippen LogP contribution in [0.1, 0.15) is 12.1 Å². The lowest BCUT2D eigenvalue weighted by Gasteiger charge is -2.05. The zero-order valence-electron chi connectivity index (χ0n) is 10.9. The number of hydroxylamine groups is 1. The van der Waals surface area contributed by atoms with Crippen LogP contribution in [0.5, 0.6) is 5.88 Å². The van der Waals surface area contributed by atoms with Gasteiger partial charge in [-0.2, -0.15) is 0 Å². The van der Waals surface area contributed by atoms with Gasteiger partial charge < -0.3 is 4.74 Å². The van der Waals surface area contributed by atoms with Crippen LogP contribution in [-0.4, -0.2) is 28.1 Å². The van der Waals surface area contributed by atoms with E-state index in [0.717, 1.165) is 18.5 Å². The van der Waals surface area contributed by atoms with Gasteiger partial charge in [0, 0.05) is 18.0 Å². The lowest BCUT2D eigenvalue weighted by molar-refractivity contribution is 0.240. The number of aromatic nitrogens is 2. The second-order valence-electron chi connectivity index (χ2n) is 4.02. The number of nitrogens with zero attached hydrogens (tertiary/aromatic N) is 3. The molecule has 0 saturated heterocycles. The number of aliphatic imine (C=N–C) groups is 1. The molecule has 2 rings (SSSR count). The molecule has 2 aromatic rings. The van der Waals surface area contributed by atoms with Crippen LogP contribution in [-0.2, 0) is 6.42 Å². The number of pyridine rings is 2. The molecule has 0 unspecified atom stereocenters. The molecule has 0 fully saturated rings. The van der Waals surface area contributed by atoms with E-state index >= 15 is 0 Å². The van der Waals surface area contributed by atoms with Crippen molar-refractivity contribution < 1.29 is 9.94 Å². The van der Waals surface area contributed by atoms with Crippen molar-refractivity contribution in [1.82, 2.24) is 15.4 Å². The van der Waals surface area contributed by atoms with Crippen LogP contribution in [0.25, 0.3) is 0 Å². The highest BCUT2D eigenvalue weighted by atomic mass is 16.5. The fraction of sp³-hybridized carbons (Fsp3) is 0.214. The number of aryl methyl sites for hydroxylation is 1. The van der Waals surface area contributed by atoms with Crippen molar-refractivity contribution in [2.45, 2.75) is 12.8 Å². The Balaban J connectivity index is 1.73. The summed E-state index contributed by atoms with van der Waals surface area (Å²) < 4.78 is 5.53. The van der Waals surface area contributed by atoms with E-state index in [4.69, 9.17) is 9.94 Å². The largest absolute Gasteiger partial charge is 0.478 e. The van der Waals surface area contributed by atoms with Gasteiger partial charge in [0.2, 0.25) is 5.88 Å². The van der Waals surface area contributed by atoms with Gasteiger partial charge in [0.25, 0.3) is 0 Å². The number of hydrogen-bond acceptors (Lipinski definition) is 5. The van der Waals surface area contributed by atoms with Gasteiger partial charge >= 0.3 is 0 Å². The standard InChI is InChI=1S/C14H16N4O2/c19-18-11-17-13-6-7-14(16-10-13)20-9-3-5-12-4-1-2-8-15-12/h1-2,4,6-8,10-11,19H,3,5,9H2,(H,17,18). The molecule has 0 atom stereocenters. The molecule has 6 heteroatoms. The first-order chi connectivity index (χ1) is 9.88. The summed E-state index contributed by atoms with van der Waals surface area (Å²) in [5.74, 6) is 0.557. The van der Waals surface area contributed by atoms with Crippen LogP contribution in [0.4, 0.5) is 5.69 Å². The fourth-order valence-corrected chi connectivity index (χ4v) is 1.61. The highest BCUT2D eigenvalue weighted by molar-refractivity contribution is 5.59. The van der Waals surface area contributed by atoms with Crippen molar-refractivity contribution in [3.05, 3.63) is 48.4 Å². The molecule has 0 aliphatic rings. The molecule has 0 radical (unpaired) electrons. The molecular weight excluding hydrogens is 256 g/mol. The minimum Gasteiger partial charge on any atom is -0.478 e. The van der Waals surface area contributed by atoms with Crippen LogP contribution in [0.2, 0.25) is 0 Å². The Bertz CT molecular complexity index is 529. The molecule has 0 aliphatic carbocycles. The molecule has 0 bridgehead atoms. The summed E-state index contributed by atoms with van der Waals surface area (Å²) in [4.78, 5) is 12.3. The number of nitrogens with one attached hydrogen (secondary N) is 1. The summed E-state index contributed by atoms with van der Waals surface area (Å²) in [6.45, 7) is 0.588. The molecular formula is C14H16N4O2. The zero-order chi connectivity index (χ0) is 14.0. The van der Waals surface area contributed by atoms with Gasteiger partial charge in [-0.15, -0.1) is 0 Å². The van der Waals surface area contributed by atoms with Crippen LogP contribution in [0, 0.1) is 0 Å². The second-order valence-corrected chi connectivity index (χ2v) is 4.02. The first kappa shape index (κ1) is 14.0. The maximum absolute atomic E-state index is 8.37. The molecule has 20 heavy (non-hydrogen) atoms. The Morgan fingerprint density at radius 2 is 2.20 bits per heavy atom. The van der Waals surface area contributed by atoms with Crippen LogP contribution in [0.15, 0.2) is 47.7 Å². The van der Waals surface area contributed by atoms with Crippen molar-refractivity contribution >= 4 is 12.0 Å². The van der Waals surface area contributed by atoms with Gasteiger partial charge in [-0.25, -0.2) is 9.98 Å². The van der Waals surface area contributed by atoms with E-state index in [9.17, 15) is 0 Å². The summed E-state index contributed by atoms with van der Waals surface area (Å²) in [7, 11) is 0. The molecule has 104 valence electrons. The van der Waals surface area contributed by atoms with E-state index in [-0.39, 0.29) is 0 Å². The summed E-state index contributed by atoms with van der Waals surface area (Å²) in [5.41, 5.74) is 3.52. The Morgan fingerprint density at radius 3 is 2.90 bits per heavy atom. The predicted octanol–water partition coefficient (Wildman–Crippen LogP) is 2.13. The van der Waals surface area contributed by atoms with E-state index in [1.54, 1.807) is 24.5 Å². The first-order valence-electron chi connectivity index (χ1n) is 6.29. The second kappa shape index (κ2) is 7.85. The fourth-order valence-electron chi connectivity index (χ4n) is 1.61. The summed E-state index contributed by atoms with van der Waals surface area (Å²) >= 11 is 0. The molecule has 6 nitrogen and oxygen atoms in total. The van der Waals surface area contributed by atoms with Gasteiger partial charge in [-0.05, 0) is 31.0 Å². The van der Waals surface area contributed by atoms with Crippen molar-refractivity contribution in [2.24, 2.45) is 4.99 Å². The molecule has 0 aliphatic heterocycles. The van der Waals surface area contributed by atoms with Gasteiger partial charge in [-0.1, -0.05) is 6.07 Å². The Labute approximate surface area is 117 Å². The van der Waals surface area contributed by atoms with E-state index in [0.29, 0.717) is 18.2 Å². The van der Waals surface area contributed by atoms with Gasteiger partial charge in [0.05, 0.1) is 18.5 Å². The monoisotopic (exact) mass is 272 g/mol. The lowest BCUT2D eigenvalue weighted by atomic mass is 10.2. The third-order valence-electron chi connectivity index (χ3n) is 2.55. The highest BCUT2D eigenvalue weighted by Gasteiger charge is 1.97. The lowest BCUT2D eigenvalue weighted by Crippen LogP contribution is -2.02. The first-order valence-corrected chi connectivity index (χ1v) is 6.29. The topological polar surface area (TPSA) is 79.6 Å². The predicted molar refractivity (Wildman–Crippen MR) is 75.4 cm³/mol. The average Bonchev–Trinajstić information content (AvgIpc) is 2.52. The third kappa shape index (κ3) is 4.66. The minimum atomic E-state index is 0.557. The Hall–Kier alpha value is -2.47. The molecule has 2 N–H and O–H groups in total. The zero-order valence-corrected chi connectivity index (χ0v) is 10.9. The summed E-state index contributed by atoms with van der Waals surface area (Å²) in [6.07, 6.45) is 6.29. The maximum atomic E-state index is 8.37. The maximum Gasteiger partial charge on any atom is 0.213 e. The van der Waals surface area contributed by atoms with E-state index < -0.39 is 0 Å². The SMILES string of the molecule is ONC=Nc1ccc(OCCCc2ccccn2)nc1. The van der Waals surface area contributed by atoms with E-state index in [2.05, 4.69) is 15.0 Å². The van der Waals surface area contributed by atoms with Crippen molar-refractivity contribution in [1.29, 1.82) is 0 Å². The van der Waals surface area contributed by atoms with E-state index in [1.807, 2.05) is 23.7 Å².